The molecular weight excluding hydrogens is 318 g/mol. The maximum atomic E-state index is 5.91. The molecule has 2 N–H and O–H groups in total. The Kier molecular flexibility index (Phi) is 4.61. The third kappa shape index (κ3) is 2.86. The molecule has 1 aromatic rings. The summed E-state index contributed by atoms with van der Waals surface area (Å²) in [5.74, 6) is 0. The molecule has 1 atom stereocenters. The first-order valence-electron chi connectivity index (χ1n) is 7.34. The Bertz CT molecular complexity index is 462. The van der Waals surface area contributed by atoms with Gasteiger partial charge in [0.05, 0.1) is 13.2 Å². The lowest BCUT2D eigenvalue weighted by molar-refractivity contribution is 0.0209. The van der Waals surface area contributed by atoms with Crippen molar-refractivity contribution in [2.75, 3.05) is 44.3 Å². The summed E-state index contributed by atoms with van der Waals surface area (Å²) in [6.45, 7) is 6.69. The number of halogens is 1. The van der Waals surface area contributed by atoms with Gasteiger partial charge in [0.2, 0.25) is 0 Å². The van der Waals surface area contributed by atoms with E-state index in [1.165, 1.54) is 17.7 Å². The lowest BCUT2D eigenvalue weighted by Crippen LogP contribution is -2.44. The van der Waals surface area contributed by atoms with Crippen molar-refractivity contribution in [1.29, 1.82) is 0 Å². The zero-order valence-electron chi connectivity index (χ0n) is 11.7. The summed E-state index contributed by atoms with van der Waals surface area (Å²) in [4.78, 5) is 5.05. The molecule has 1 unspecified atom stereocenters. The number of nitrogens with two attached hydrogens (primary N) is 1. The van der Waals surface area contributed by atoms with Gasteiger partial charge in [0, 0.05) is 54.5 Å². The standard InChI is InChI=1S/C15H22BrN3O/c16-14-2-1-3-15(13(14)10-17)19-5-4-12(11-19)18-6-8-20-9-7-18/h1-3,12H,4-11,17H2. The van der Waals surface area contributed by atoms with E-state index >= 15 is 0 Å². The second-order valence-corrected chi connectivity index (χ2v) is 6.33. The lowest BCUT2D eigenvalue weighted by atomic mass is 10.1. The Labute approximate surface area is 129 Å². The van der Waals surface area contributed by atoms with Crippen LogP contribution in [0.1, 0.15) is 12.0 Å². The van der Waals surface area contributed by atoms with E-state index in [1.54, 1.807) is 0 Å². The van der Waals surface area contributed by atoms with Crippen LogP contribution < -0.4 is 10.6 Å². The maximum absolute atomic E-state index is 5.91. The molecular formula is C15H22BrN3O. The van der Waals surface area contributed by atoms with Gasteiger partial charge < -0.3 is 15.4 Å². The molecule has 0 saturated carbocycles. The molecule has 20 heavy (non-hydrogen) atoms. The summed E-state index contributed by atoms with van der Waals surface area (Å²) < 4.78 is 6.56. The van der Waals surface area contributed by atoms with Gasteiger partial charge in [-0.25, -0.2) is 0 Å². The SMILES string of the molecule is NCc1c(Br)cccc1N1CCC(N2CCOCC2)C1. The first kappa shape index (κ1) is 14.3. The fourth-order valence-electron chi connectivity index (χ4n) is 3.25. The molecule has 110 valence electrons. The lowest BCUT2D eigenvalue weighted by Gasteiger charge is -2.32. The van der Waals surface area contributed by atoms with Crippen LogP contribution in [0.2, 0.25) is 0 Å². The smallest absolute Gasteiger partial charge is 0.0594 e. The number of hydrogen-bond acceptors (Lipinski definition) is 4. The van der Waals surface area contributed by atoms with E-state index in [0.29, 0.717) is 12.6 Å². The van der Waals surface area contributed by atoms with Gasteiger partial charge in [-0.2, -0.15) is 0 Å². The van der Waals surface area contributed by atoms with Gasteiger partial charge in [0.1, 0.15) is 0 Å². The summed E-state index contributed by atoms with van der Waals surface area (Å²) in [6.07, 6.45) is 1.23. The molecule has 3 rings (SSSR count). The van der Waals surface area contributed by atoms with Crippen LogP contribution in [0.5, 0.6) is 0 Å². The van der Waals surface area contributed by atoms with E-state index < -0.39 is 0 Å². The minimum Gasteiger partial charge on any atom is -0.379 e. The highest BCUT2D eigenvalue weighted by Crippen LogP contribution is 2.31. The first-order chi connectivity index (χ1) is 9.79. The number of ether oxygens (including phenoxy) is 1. The van der Waals surface area contributed by atoms with E-state index in [1.807, 2.05) is 0 Å². The van der Waals surface area contributed by atoms with Gasteiger partial charge in [0.15, 0.2) is 0 Å². The molecule has 2 saturated heterocycles. The van der Waals surface area contributed by atoms with E-state index in [2.05, 4.69) is 43.9 Å². The molecule has 2 aliphatic rings. The minimum atomic E-state index is 0.579. The maximum Gasteiger partial charge on any atom is 0.0594 e. The molecule has 0 radical (unpaired) electrons. The van der Waals surface area contributed by atoms with Crippen molar-refractivity contribution in [2.24, 2.45) is 5.73 Å². The number of hydrogen-bond donors (Lipinski definition) is 1. The highest BCUT2D eigenvalue weighted by molar-refractivity contribution is 9.10. The topological polar surface area (TPSA) is 41.7 Å². The molecule has 0 spiro atoms. The summed E-state index contributed by atoms with van der Waals surface area (Å²) >= 11 is 3.61. The molecule has 0 amide bonds. The van der Waals surface area contributed by atoms with Crippen LogP contribution in [0.3, 0.4) is 0 Å². The normalized spacial score (nSPS) is 24.3. The first-order valence-corrected chi connectivity index (χ1v) is 8.13. The van der Waals surface area contributed by atoms with E-state index in [-0.39, 0.29) is 0 Å². The molecule has 5 heteroatoms. The Morgan fingerprint density at radius 1 is 1.25 bits per heavy atom. The average molecular weight is 340 g/mol. The Balaban J connectivity index is 1.72. The van der Waals surface area contributed by atoms with Crippen LogP contribution in [0.15, 0.2) is 22.7 Å². The number of morpholine rings is 1. The van der Waals surface area contributed by atoms with Crippen LogP contribution >= 0.6 is 15.9 Å². The third-order valence-electron chi connectivity index (χ3n) is 4.36. The molecule has 2 aliphatic heterocycles. The second kappa shape index (κ2) is 6.43. The van der Waals surface area contributed by atoms with Crippen LogP contribution in [-0.4, -0.2) is 50.3 Å². The zero-order valence-corrected chi connectivity index (χ0v) is 13.3. The predicted molar refractivity (Wildman–Crippen MR) is 85.0 cm³/mol. The van der Waals surface area contributed by atoms with Crippen molar-refractivity contribution in [3.8, 4) is 0 Å². The van der Waals surface area contributed by atoms with Crippen molar-refractivity contribution >= 4 is 21.6 Å². The molecule has 0 bridgehead atoms. The zero-order chi connectivity index (χ0) is 13.9. The highest BCUT2D eigenvalue weighted by atomic mass is 79.9. The molecule has 1 aromatic carbocycles. The largest absolute Gasteiger partial charge is 0.379 e. The Morgan fingerprint density at radius 2 is 2.05 bits per heavy atom. The van der Waals surface area contributed by atoms with Crippen LogP contribution in [0.4, 0.5) is 5.69 Å². The minimum absolute atomic E-state index is 0.579. The van der Waals surface area contributed by atoms with Crippen LogP contribution in [0, 0.1) is 0 Å². The van der Waals surface area contributed by atoms with Gasteiger partial charge in [-0.1, -0.05) is 22.0 Å². The molecule has 0 aliphatic carbocycles. The van der Waals surface area contributed by atoms with Gasteiger partial charge in [-0.3, -0.25) is 4.90 Å². The Hall–Kier alpha value is -0.620. The monoisotopic (exact) mass is 339 g/mol. The van der Waals surface area contributed by atoms with Crippen molar-refractivity contribution in [3.05, 3.63) is 28.2 Å². The quantitative estimate of drug-likeness (QED) is 0.912. The van der Waals surface area contributed by atoms with Crippen molar-refractivity contribution in [3.63, 3.8) is 0 Å². The molecule has 4 nitrogen and oxygen atoms in total. The van der Waals surface area contributed by atoms with Gasteiger partial charge in [-0.15, -0.1) is 0 Å². The van der Waals surface area contributed by atoms with Crippen molar-refractivity contribution < 1.29 is 4.74 Å². The van der Waals surface area contributed by atoms with E-state index in [4.69, 9.17) is 10.5 Å². The van der Waals surface area contributed by atoms with Gasteiger partial charge in [0.25, 0.3) is 0 Å². The van der Waals surface area contributed by atoms with E-state index in [9.17, 15) is 0 Å². The van der Waals surface area contributed by atoms with E-state index in [0.717, 1.165) is 43.9 Å². The third-order valence-corrected chi connectivity index (χ3v) is 5.11. The van der Waals surface area contributed by atoms with Crippen LogP contribution in [0.25, 0.3) is 0 Å². The fourth-order valence-corrected chi connectivity index (χ4v) is 3.76. The molecule has 2 fully saturated rings. The second-order valence-electron chi connectivity index (χ2n) is 5.48. The summed E-state index contributed by atoms with van der Waals surface area (Å²) in [7, 11) is 0. The van der Waals surface area contributed by atoms with Gasteiger partial charge >= 0.3 is 0 Å². The number of anilines is 1. The number of nitrogens with zero attached hydrogens (tertiary/aromatic N) is 2. The van der Waals surface area contributed by atoms with Gasteiger partial charge in [-0.05, 0) is 18.6 Å². The fraction of sp³-hybridized carbons (Fsp3) is 0.600. The van der Waals surface area contributed by atoms with Crippen LogP contribution in [-0.2, 0) is 11.3 Å². The highest BCUT2D eigenvalue weighted by Gasteiger charge is 2.29. The van der Waals surface area contributed by atoms with Crippen molar-refractivity contribution in [1.82, 2.24) is 4.90 Å². The summed E-state index contributed by atoms with van der Waals surface area (Å²) in [5.41, 5.74) is 8.42. The van der Waals surface area contributed by atoms with Crippen molar-refractivity contribution in [2.45, 2.75) is 19.0 Å². The molecule has 2 heterocycles. The Morgan fingerprint density at radius 3 is 2.80 bits per heavy atom. The number of rotatable bonds is 3. The summed E-state index contributed by atoms with van der Waals surface area (Å²) in [5, 5.41) is 0. The number of benzene rings is 1. The molecule has 0 aromatic heterocycles. The predicted octanol–water partition coefficient (Wildman–Crippen LogP) is 1.82. The summed E-state index contributed by atoms with van der Waals surface area (Å²) in [6, 6.07) is 7.01. The average Bonchev–Trinajstić information content (AvgIpc) is 2.97.